The van der Waals surface area contributed by atoms with Crippen LogP contribution in [0.1, 0.15) is 6.92 Å². The first kappa shape index (κ1) is 13.4. The Labute approximate surface area is 82.7 Å². The molecule has 1 unspecified atom stereocenters. The molecule has 0 saturated carbocycles. The quantitative estimate of drug-likeness (QED) is 0.593. The summed E-state index contributed by atoms with van der Waals surface area (Å²) in [6.45, 7) is 0.823. The van der Waals surface area contributed by atoms with Gasteiger partial charge in [-0.15, -0.1) is 0 Å². The minimum atomic E-state index is -4.98. The second kappa shape index (κ2) is 4.78. The van der Waals surface area contributed by atoms with Crippen LogP contribution < -0.4 is 11.1 Å². The van der Waals surface area contributed by atoms with E-state index in [4.69, 9.17) is 5.11 Å². The SMILES string of the molecule is CC(=O)/C(=C\NC(N)=O)C(O)C(F)(F)F. The van der Waals surface area contributed by atoms with E-state index in [0.717, 1.165) is 6.92 Å². The minimum absolute atomic E-state index is 0.433. The fourth-order valence-corrected chi connectivity index (χ4v) is 0.698. The zero-order valence-corrected chi connectivity index (χ0v) is 7.63. The van der Waals surface area contributed by atoms with Crippen LogP contribution in [0.2, 0.25) is 0 Å². The molecule has 0 aliphatic heterocycles. The third-order valence-corrected chi connectivity index (χ3v) is 1.38. The fraction of sp³-hybridized carbons (Fsp3) is 0.429. The number of alkyl halides is 3. The number of aliphatic hydroxyl groups is 1. The molecule has 0 saturated heterocycles. The highest BCUT2D eigenvalue weighted by molar-refractivity contribution is 5.94. The zero-order chi connectivity index (χ0) is 12.2. The first-order chi connectivity index (χ1) is 6.66. The summed E-state index contributed by atoms with van der Waals surface area (Å²) in [6.07, 6.45) is -7.48. The topological polar surface area (TPSA) is 92.4 Å². The Balaban J connectivity index is 4.90. The zero-order valence-electron chi connectivity index (χ0n) is 7.63. The molecule has 2 amide bonds. The number of carbonyl (C=O) groups is 2. The van der Waals surface area contributed by atoms with E-state index >= 15 is 0 Å². The molecule has 1 atom stereocenters. The molecule has 0 fully saturated rings. The Morgan fingerprint density at radius 1 is 1.47 bits per heavy atom. The number of rotatable bonds is 3. The maximum absolute atomic E-state index is 12.0. The summed E-state index contributed by atoms with van der Waals surface area (Å²) < 4.78 is 36.0. The fourth-order valence-electron chi connectivity index (χ4n) is 0.698. The van der Waals surface area contributed by atoms with Crippen LogP contribution in [-0.4, -0.2) is 29.2 Å². The van der Waals surface area contributed by atoms with E-state index in [1.807, 2.05) is 0 Å². The van der Waals surface area contributed by atoms with E-state index in [2.05, 4.69) is 5.73 Å². The van der Waals surface area contributed by atoms with Crippen molar-refractivity contribution in [3.63, 3.8) is 0 Å². The minimum Gasteiger partial charge on any atom is -0.379 e. The molecule has 0 heterocycles. The van der Waals surface area contributed by atoms with E-state index in [1.165, 1.54) is 0 Å². The largest absolute Gasteiger partial charge is 0.418 e. The molecule has 0 aliphatic carbocycles. The summed E-state index contributed by atoms with van der Waals surface area (Å²) in [7, 11) is 0. The van der Waals surface area contributed by atoms with Gasteiger partial charge in [0.25, 0.3) is 0 Å². The molecule has 0 bridgehead atoms. The van der Waals surface area contributed by atoms with E-state index in [-0.39, 0.29) is 0 Å². The number of hydrogen-bond acceptors (Lipinski definition) is 3. The summed E-state index contributed by atoms with van der Waals surface area (Å²) >= 11 is 0. The van der Waals surface area contributed by atoms with Gasteiger partial charge in [-0.2, -0.15) is 13.2 Å². The lowest BCUT2D eigenvalue weighted by Crippen LogP contribution is -2.35. The van der Waals surface area contributed by atoms with Gasteiger partial charge in [-0.25, -0.2) is 4.79 Å². The van der Waals surface area contributed by atoms with E-state index in [1.54, 1.807) is 5.32 Å². The second-order valence-corrected chi connectivity index (χ2v) is 2.61. The maximum Gasteiger partial charge on any atom is 0.418 e. The first-order valence-corrected chi connectivity index (χ1v) is 3.68. The molecule has 0 radical (unpaired) electrons. The number of Topliss-reactive ketones (excluding diaryl/α,β-unsaturated/α-hetero) is 1. The lowest BCUT2D eigenvalue weighted by Gasteiger charge is -2.15. The Morgan fingerprint density at radius 3 is 2.20 bits per heavy atom. The Morgan fingerprint density at radius 2 is 1.93 bits per heavy atom. The molecule has 0 aliphatic rings. The third kappa shape index (κ3) is 4.45. The highest BCUT2D eigenvalue weighted by Gasteiger charge is 2.42. The number of carbonyl (C=O) groups excluding carboxylic acids is 2. The van der Waals surface area contributed by atoms with Crippen molar-refractivity contribution in [2.75, 3.05) is 0 Å². The van der Waals surface area contributed by atoms with Gasteiger partial charge in [0.2, 0.25) is 0 Å². The van der Waals surface area contributed by atoms with Crippen molar-refractivity contribution in [2.45, 2.75) is 19.2 Å². The summed E-state index contributed by atoms with van der Waals surface area (Å²) in [5.41, 5.74) is 3.60. The van der Waals surface area contributed by atoms with Crippen molar-refractivity contribution in [3.8, 4) is 0 Å². The smallest absolute Gasteiger partial charge is 0.379 e. The van der Waals surface area contributed by atoms with Crippen LogP contribution >= 0.6 is 0 Å². The highest BCUT2D eigenvalue weighted by Crippen LogP contribution is 2.25. The number of nitrogens with one attached hydrogen (secondary N) is 1. The van der Waals surface area contributed by atoms with Gasteiger partial charge in [-0.1, -0.05) is 0 Å². The first-order valence-electron chi connectivity index (χ1n) is 3.68. The van der Waals surface area contributed by atoms with E-state index in [9.17, 15) is 22.8 Å². The molecular formula is C7H9F3N2O3. The van der Waals surface area contributed by atoms with Crippen LogP contribution in [0.4, 0.5) is 18.0 Å². The van der Waals surface area contributed by atoms with Crippen molar-refractivity contribution in [1.29, 1.82) is 0 Å². The number of nitrogens with two attached hydrogens (primary N) is 1. The molecular weight excluding hydrogens is 217 g/mol. The standard InChI is InChI=1S/C7H9F3N2O3/c1-3(13)4(2-12-6(11)15)5(14)7(8,9)10/h2,5,14H,1H3,(H3,11,12,15)/b4-2+. The monoisotopic (exact) mass is 226 g/mol. The van der Waals surface area contributed by atoms with Crippen molar-refractivity contribution in [1.82, 2.24) is 5.32 Å². The number of ketones is 1. The summed E-state index contributed by atoms with van der Waals surface area (Å²) in [6, 6.07) is -1.14. The maximum atomic E-state index is 12.0. The Hall–Kier alpha value is -1.57. The van der Waals surface area contributed by atoms with Crippen LogP contribution in [-0.2, 0) is 4.79 Å². The molecule has 0 spiro atoms. The summed E-state index contributed by atoms with van der Waals surface area (Å²) in [5.74, 6) is -1.02. The molecule has 15 heavy (non-hydrogen) atoms. The van der Waals surface area contributed by atoms with E-state index < -0.39 is 29.7 Å². The molecule has 0 aromatic carbocycles. The molecule has 0 aromatic heterocycles. The van der Waals surface area contributed by atoms with Crippen molar-refractivity contribution in [3.05, 3.63) is 11.8 Å². The van der Waals surface area contributed by atoms with Gasteiger partial charge in [0.15, 0.2) is 11.9 Å². The van der Waals surface area contributed by atoms with Gasteiger partial charge in [0.05, 0.1) is 0 Å². The van der Waals surface area contributed by atoms with Gasteiger partial charge >= 0.3 is 12.2 Å². The molecule has 4 N–H and O–H groups in total. The number of amides is 2. The van der Waals surface area contributed by atoms with Gasteiger partial charge in [0.1, 0.15) is 0 Å². The van der Waals surface area contributed by atoms with Crippen LogP contribution in [0.3, 0.4) is 0 Å². The van der Waals surface area contributed by atoms with Gasteiger partial charge < -0.3 is 16.2 Å². The van der Waals surface area contributed by atoms with Crippen molar-refractivity contribution < 1.29 is 27.9 Å². The molecule has 86 valence electrons. The number of aliphatic hydroxyl groups excluding tert-OH is 1. The number of primary amides is 1. The van der Waals surface area contributed by atoms with E-state index in [0.29, 0.717) is 6.20 Å². The van der Waals surface area contributed by atoms with Gasteiger partial charge in [-0.05, 0) is 6.92 Å². The van der Waals surface area contributed by atoms with Crippen molar-refractivity contribution >= 4 is 11.8 Å². The highest BCUT2D eigenvalue weighted by atomic mass is 19.4. The van der Waals surface area contributed by atoms with Gasteiger partial charge in [-0.3, -0.25) is 4.79 Å². The Bertz CT molecular complexity index is 298. The molecule has 5 nitrogen and oxygen atoms in total. The lowest BCUT2D eigenvalue weighted by molar-refractivity contribution is -0.192. The lowest BCUT2D eigenvalue weighted by atomic mass is 10.1. The average Bonchev–Trinajstić information content (AvgIpc) is 2.01. The number of urea groups is 1. The van der Waals surface area contributed by atoms with Gasteiger partial charge in [0, 0.05) is 11.8 Å². The van der Waals surface area contributed by atoms with Crippen LogP contribution in [0.5, 0.6) is 0 Å². The second-order valence-electron chi connectivity index (χ2n) is 2.61. The average molecular weight is 226 g/mol. The number of halogens is 3. The van der Waals surface area contributed by atoms with Crippen molar-refractivity contribution in [2.24, 2.45) is 5.73 Å². The predicted octanol–water partition coefficient (Wildman–Crippen LogP) is 0.0508. The molecule has 0 rings (SSSR count). The summed E-state index contributed by atoms with van der Waals surface area (Å²) in [4.78, 5) is 20.9. The molecule has 8 heteroatoms. The van der Waals surface area contributed by atoms with Crippen LogP contribution in [0.15, 0.2) is 11.8 Å². The summed E-state index contributed by atoms with van der Waals surface area (Å²) in [5, 5.41) is 10.4. The number of hydrogen-bond donors (Lipinski definition) is 3. The molecule has 0 aromatic rings. The third-order valence-electron chi connectivity index (χ3n) is 1.38. The predicted molar refractivity (Wildman–Crippen MR) is 43.5 cm³/mol. The van der Waals surface area contributed by atoms with Crippen LogP contribution in [0.25, 0.3) is 0 Å². The normalized spacial score (nSPS) is 14.6. The Kier molecular flexibility index (Phi) is 4.28. The van der Waals surface area contributed by atoms with Crippen LogP contribution in [0, 0.1) is 0 Å².